The maximum absolute atomic E-state index is 12.5. The van der Waals surface area contributed by atoms with Gasteiger partial charge in [0.15, 0.2) is 0 Å². The maximum atomic E-state index is 12.5. The van der Waals surface area contributed by atoms with Gasteiger partial charge in [0, 0.05) is 13.1 Å². The number of carbonyl (C=O) groups is 1. The van der Waals surface area contributed by atoms with Crippen molar-refractivity contribution in [1.82, 2.24) is 4.31 Å². The van der Waals surface area contributed by atoms with E-state index in [4.69, 9.17) is 5.73 Å². The molecule has 0 aromatic heterocycles. The first-order valence-electron chi connectivity index (χ1n) is 6.82. The highest BCUT2D eigenvalue weighted by Crippen LogP contribution is 2.22. The average molecular weight is 312 g/mol. The van der Waals surface area contributed by atoms with Crippen molar-refractivity contribution in [3.8, 4) is 0 Å². The summed E-state index contributed by atoms with van der Waals surface area (Å²) in [5.74, 6) is -0.507. The van der Waals surface area contributed by atoms with Crippen LogP contribution in [0.5, 0.6) is 0 Å². The molecule has 1 aromatic carbocycles. The van der Waals surface area contributed by atoms with Gasteiger partial charge in [-0.15, -0.1) is 0 Å². The highest BCUT2D eigenvalue weighted by Gasteiger charge is 2.31. The molecule has 0 bridgehead atoms. The van der Waals surface area contributed by atoms with Crippen molar-refractivity contribution in [1.29, 1.82) is 0 Å². The standard InChI is InChI=1S/C14H20N2O4S/c1-20-14(17)13-5-3-2-4-12(13)10-21(18,19)16-7-6-11(8-15)9-16/h2-5,11H,6-10,15H2,1H3. The number of rotatable bonds is 5. The molecule has 1 aliphatic heterocycles. The molecule has 1 saturated heterocycles. The third-order valence-electron chi connectivity index (χ3n) is 3.74. The van der Waals surface area contributed by atoms with Crippen LogP contribution in [0.4, 0.5) is 0 Å². The van der Waals surface area contributed by atoms with Gasteiger partial charge in [0.25, 0.3) is 0 Å². The van der Waals surface area contributed by atoms with Crippen LogP contribution in [-0.2, 0) is 20.5 Å². The summed E-state index contributed by atoms with van der Waals surface area (Å²) in [4.78, 5) is 11.7. The van der Waals surface area contributed by atoms with E-state index in [1.54, 1.807) is 24.3 Å². The Bertz CT molecular complexity index is 615. The number of nitrogens with zero attached hydrogens (tertiary/aromatic N) is 1. The Hall–Kier alpha value is -1.44. The lowest BCUT2D eigenvalue weighted by atomic mass is 10.1. The van der Waals surface area contributed by atoms with Gasteiger partial charge in [-0.3, -0.25) is 0 Å². The zero-order valence-corrected chi connectivity index (χ0v) is 12.8. The number of hydrogen-bond acceptors (Lipinski definition) is 5. The van der Waals surface area contributed by atoms with E-state index in [9.17, 15) is 13.2 Å². The fourth-order valence-corrected chi connectivity index (χ4v) is 4.13. The summed E-state index contributed by atoms with van der Waals surface area (Å²) in [6.45, 7) is 1.44. The first-order chi connectivity index (χ1) is 9.97. The summed E-state index contributed by atoms with van der Waals surface area (Å²) < 4.78 is 31.1. The Balaban J connectivity index is 2.20. The minimum atomic E-state index is -3.45. The smallest absolute Gasteiger partial charge is 0.338 e. The van der Waals surface area contributed by atoms with E-state index in [1.165, 1.54) is 11.4 Å². The third kappa shape index (κ3) is 3.61. The highest BCUT2D eigenvalue weighted by molar-refractivity contribution is 7.88. The van der Waals surface area contributed by atoms with Gasteiger partial charge in [0.05, 0.1) is 18.4 Å². The Morgan fingerprint density at radius 2 is 2.14 bits per heavy atom. The summed E-state index contributed by atoms with van der Waals surface area (Å²) in [6, 6.07) is 6.61. The molecule has 1 heterocycles. The van der Waals surface area contributed by atoms with Crippen molar-refractivity contribution >= 4 is 16.0 Å². The highest BCUT2D eigenvalue weighted by atomic mass is 32.2. The van der Waals surface area contributed by atoms with Crippen LogP contribution in [0, 0.1) is 5.92 Å². The molecule has 21 heavy (non-hydrogen) atoms. The summed E-state index contributed by atoms with van der Waals surface area (Å²) in [5, 5.41) is 0. The molecule has 1 unspecified atom stereocenters. The summed E-state index contributed by atoms with van der Waals surface area (Å²) in [5.41, 5.74) is 6.34. The second-order valence-electron chi connectivity index (χ2n) is 5.15. The predicted octanol–water partition coefficient (Wildman–Crippen LogP) is 0.584. The fraction of sp³-hybridized carbons (Fsp3) is 0.500. The summed E-state index contributed by atoms with van der Waals surface area (Å²) >= 11 is 0. The molecule has 0 amide bonds. The number of nitrogens with two attached hydrogens (primary N) is 1. The largest absolute Gasteiger partial charge is 0.465 e. The number of hydrogen-bond donors (Lipinski definition) is 1. The molecular weight excluding hydrogens is 292 g/mol. The number of esters is 1. The van der Waals surface area contributed by atoms with E-state index < -0.39 is 16.0 Å². The molecule has 116 valence electrons. The van der Waals surface area contributed by atoms with Gasteiger partial charge >= 0.3 is 5.97 Å². The second kappa shape index (κ2) is 6.55. The van der Waals surface area contributed by atoms with E-state index in [2.05, 4.69) is 4.74 Å². The Morgan fingerprint density at radius 1 is 1.43 bits per heavy atom. The molecular formula is C14H20N2O4S. The topological polar surface area (TPSA) is 89.7 Å². The molecule has 1 aromatic rings. The SMILES string of the molecule is COC(=O)c1ccccc1CS(=O)(=O)N1CCC(CN)C1. The fourth-order valence-electron chi connectivity index (χ4n) is 2.49. The van der Waals surface area contributed by atoms with Crippen molar-refractivity contribution in [3.05, 3.63) is 35.4 Å². The maximum Gasteiger partial charge on any atom is 0.338 e. The van der Waals surface area contributed by atoms with Crippen LogP contribution >= 0.6 is 0 Å². The lowest BCUT2D eigenvalue weighted by Crippen LogP contribution is -2.31. The minimum absolute atomic E-state index is 0.199. The van der Waals surface area contributed by atoms with E-state index in [0.717, 1.165) is 6.42 Å². The zero-order chi connectivity index (χ0) is 15.5. The van der Waals surface area contributed by atoms with Crippen LogP contribution in [0.25, 0.3) is 0 Å². The molecule has 7 heteroatoms. The first-order valence-corrected chi connectivity index (χ1v) is 8.43. The number of benzene rings is 1. The number of sulfonamides is 1. The molecule has 0 spiro atoms. The molecule has 1 atom stereocenters. The molecule has 1 fully saturated rings. The van der Waals surface area contributed by atoms with Gasteiger partial charge in [0.2, 0.25) is 10.0 Å². The Kier molecular flexibility index (Phi) is 4.97. The quantitative estimate of drug-likeness (QED) is 0.803. The van der Waals surface area contributed by atoms with Gasteiger partial charge in [0.1, 0.15) is 0 Å². The van der Waals surface area contributed by atoms with Crippen LogP contribution in [-0.4, -0.2) is 45.4 Å². The van der Waals surface area contributed by atoms with Gasteiger partial charge in [-0.2, -0.15) is 0 Å². The second-order valence-corrected chi connectivity index (χ2v) is 7.12. The van der Waals surface area contributed by atoms with Gasteiger partial charge in [-0.1, -0.05) is 18.2 Å². The normalized spacial score (nSPS) is 19.6. The minimum Gasteiger partial charge on any atom is -0.465 e. The third-order valence-corrected chi connectivity index (χ3v) is 5.53. The molecule has 2 N–H and O–H groups in total. The number of carbonyl (C=O) groups excluding carboxylic acids is 1. The van der Waals surface area contributed by atoms with Gasteiger partial charge < -0.3 is 10.5 Å². The summed E-state index contributed by atoms with van der Waals surface area (Å²) in [7, 11) is -2.17. The monoisotopic (exact) mass is 312 g/mol. The molecule has 2 rings (SSSR count). The van der Waals surface area contributed by atoms with Crippen molar-refractivity contribution in [2.45, 2.75) is 12.2 Å². The van der Waals surface area contributed by atoms with Crippen molar-refractivity contribution in [3.63, 3.8) is 0 Å². The molecule has 0 radical (unpaired) electrons. The van der Waals surface area contributed by atoms with Crippen molar-refractivity contribution in [2.24, 2.45) is 11.7 Å². The predicted molar refractivity (Wildman–Crippen MR) is 79.1 cm³/mol. The van der Waals surface area contributed by atoms with E-state index in [1.807, 2.05) is 0 Å². The Labute approximate surface area is 124 Å². The molecule has 1 aliphatic rings. The first kappa shape index (κ1) is 15.9. The van der Waals surface area contributed by atoms with Crippen LogP contribution in [0.1, 0.15) is 22.3 Å². The summed E-state index contributed by atoms with van der Waals surface area (Å²) in [6.07, 6.45) is 0.786. The zero-order valence-electron chi connectivity index (χ0n) is 12.0. The van der Waals surface area contributed by atoms with E-state index >= 15 is 0 Å². The molecule has 0 saturated carbocycles. The lowest BCUT2D eigenvalue weighted by molar-refractivity contribution is 0.0600. The molecule has 0 aliphatic carbocycles. The molecule has 6 nitrogen and oxygen atoms in total. The van der Waals surface area contributed by atoms with Gasteiger partial charge in [-0.05, 0) is 30.5 Å². The van der Waals surface area contributed by atoms with Crippen LogP contribution in [0.2, 0.25) is 0 Å². The van der Waals surface area contributed by atoms with E-state index in [-0.39, 0.29) is 17.2 Å². The van der Waals surface area contributed by atoms with E-state index in [0.29, 0.717) is 25.2 Å². The Morgan fingerprint density at radius 3 is 2.76 bits per heavy atom. The van der Waals surface area contributed by atoms with Crippen molar-refractivity contribution in [2.75, 3.05) is 26.7 Å². The number of methoxy groups -OCH3 is 1. The van der Waals surface area contributed by atoms with Gasteiger partial charge in [-0.25, -0.2) is 17.5 Å². The van der Waals surface area contributed by atoms with Crippen LogP contribution in [0.3, 0.4) is 0 Å². The van der Waals surface area contributed by atoms with Crippen molar-refractivity contribution < 1.29 is 17.9 Å². The van der Waals surface area contributed by atoms with Crippen LogP contribution < -0.4 is 5.73 Å². The van der Waals surface area contributed by atoms with Crippen LogP contribution in [0.15, 0.2) is 24.3 Å². The lowest BCUT2D eigenvalue weighted by Gasteiger charge is -2.17. The number of ether oxygens (including phenoxy) is 1. The average Bonchev–Trinajstić information content (AvgIpc) is 2.96.